The van der Waals surface area contributed by atoms with Crippen LogP contribution >= 0.6 is 11.6 Å². The number of nitrogens with one attached hydrogen (secondary N) is 1. The highest BCUT2D eigenvalue weighted by atomic mass is 35.5. The van der Waals surface area contributed by atoms with Crippen LogP contribution in [0.25, 0.3) is 0 Å². The van der Waals surface area contributed by atoms with Crippen molar-refractivity contribution < 1.29 is 12.8 Å². The van der Waals surface area contributed by atoms with Gasteiger partial charge in [-0.1, -0.05) is 11.6 Å². The summed E-state index contributed by atoms with van der Waals surface area (Å²) in [5, 5.41) is 7.78. The number of hydrogen-bond donors (Lipinski definition) is 1. The van der Waals surface area contributed by atoms with Crippen LogP contribution in [-0.4, -0.2) is 19.9 Å². The van der Waals surface area contributed by atoms with Gasteiger partial charge in [0.05, 0.1) is 12.6 Å². The molecule has 0 aromatic carbocycles. The third kappa shape index (κ3) is 2.86. The zero-order valence-corrected chi connectivity index (χ0v) is 8.81. The summed E-state index contributed by atoms with van der Waals surface area (Å²) < 4.78 is 37.5. The zero-order valence-electron chi connectivity index (χ0n) is 7.24. The molecule has 1 heterocycles. The molecule has 80 valence electrons. The van der Waals surface area contributed by atoms with Crippen molar-refractivity contribution in [2.75, 3.05) is 6.54 Å². The second kappa shape index (κ2) is 4.53. The second-order valence-corrected chi connectivity index (χ2v) is 4.55. The van der Waals surface area contributed by atoms with Gasteiger partial charge in [0.2, 0.25) is 10.0 Å². The monoisotopic (exact) mass is 249 g/mol. The van der Waals surface area contributed by atoms with Gasteiger partial charge in [0.25, 0.3) is 0 Å². The standard InChI is InChI=1S/C7H5ClFN3O2S/c8-7-6(9)3-5(4-11-7)15(13,14)12-2-1-10/h3-4,12H,2H2. The number of sulfonamides is 1. The van der Waals surface area contributed by atoms with Gasteiger partial charge in [0.1, 0.15) is 4.90 Å². The molecule has 0 spiro atoms. The molecule has 0 fully saturated rings. The van der Waals surface area contributed by atoms with Gasteiger partial charge in [-0.2, -0.15) is 9.98 Å². The first-order valence-corrected chi connectivity index (χ1v) is 5.51. The minimum Gasteiger partial charge on any atom is -0.240 e. The predicted molar refractivity (Wildman–Crippen MR) is 50.0 cm³/mol. The van der Waals surface area contributed by atoms with Crippen LogP contribution < -0.4 is 4.72 Å². The highest BCUT2D eigenvalue weighted by molar-refractivity contribution is 7.89. The minimum atomic E-state index is -3.90. The highest BCUT2D eigenvalue weighted by Gasteiger charge is 2.15. The maximum Gasteiger partial charge on any atom is 0.243 e. The van der Waals surface area contributed by atoms with Crippen molar-refractivity contribution >= 4 is 21.6 Å². The minimum absolute atomic E-state index is 0.375. The summed E-state index contributed by atoms with van der Waals surface area (Å²) in [5.41, 5.74) is 0. The molecule has 15 heavy (non-hydrogen) atoms. The molecule has 0 saturated heterocycles. The molecule has 0 unspecified atom stereocenters. The van der Waals surface area contributed by atoms with E-state index in [-0.39, 0.29) is 4.90 Å². The van der Waals surface area contributed by atoms with E-state index in [4.69, 9.17) is 16.9 Å². The van der Waals surface area contributed by atoms with Crippen LogP contribution in [0.5, 0.6) is 0 Å². The number of rotatable bonds is 3. The molecule has 1 aromatic heterocycles. The third-order valence-electron chi connectivity index (χ3n) is 1.42. The summed E-state index contributed by atoms with van der Waals surface area (Å²) >= 11 is 5.28. The van der Waals surface area contributed by atoms with E-state index < -0.39 is 27.5 Å². The number of nitrogens with zero attached hydrogens (tertiary/aromatic N) is 2. The summed E-state index contributed by atoms with van der Waals surface area (Å²) in [4.78, 5) is 2.97. The predicted octanol–water partition coefficient (Wildman–Crippen LogP) is 0.676. The lowest BCUT2D eigenvalue weighted by Crippen LogP contribution is -2.24. The topological polar surface area (TPSA) is 82.9 Å². The Balaban J connectivity index is 3.07. The quantitative estimate of drug-likeness (QED) is 0.631. The Morgan fingerprint density at radius 2 is 2.33 bits per heavy atom. The van der Waals surface area contributed by atoms with Gasteiger partial charge in [-0.05, 0) is 6.07 Å². The van der Waals surface area contributed by atoms with E-state index in [2.05, 4.69) is 4.98 Å². The van der Waals surface area contributed by atoms with Gasteiger partial charge in [-0.15, -0.1) is 0 Å². The highest BCUT2D eigenvalue weighted by Crippen LogP contribution is 2.15. The first-order valence-electron chi connectivity index (χ1n) is 3.65. The van der Waals surface area contributed by atoms with E-state index in [9.17, 15) is 12.8 Å². The van der Waals surface area contributed by atoms with Crippen LogP contribution in [0.4, 0.5) is 4.39 Å². The summed E-state index contributed by atoms with van der Waals surface area (Å²) in [6, 6.07) is 2.32. The number of halogens is 2. The van der Waals surface area contributed by atoms with E-state index in [0.29, 0.717) is 0 Å². The normalized spacial score (nSPS) is 11.0. The molecular weight excluding hydrogens is 245 g/mol. The second-order valence-electron chi connectivity index (χ2n) is 2.43. The average molecular weight is 250 g/mol. The summed E-state index contributed by atoms with van der Waals surface area (Å²) in [6.45, 7) is -0.396. The molecule has 5 nitrogen and oxygen atoms in total. The molecule has 0 saturated carbocycles. The van der Waals surface area contributed by atoms with Crippen LogP contribution in [-0.2, 0) is 10.0 Å². The molecule has 0 aliphatic heterocycles. The lowest BCUT2D eigenvalue weighted by atomic mass is 10.5. The van der Waals surface area contributed by atoms with Crippen molar-refractivity contribution in [2.24, 2.45) is 0 Å². The van der Waals surface area contributed by atoms with Crippen LogP contribution in [0.15, 0.2) is 17.2 Å². The van der Waals surface area contributed by atoms with E-state index in [0.717, 1.165) is 12.3 Å². The van der Waals surface area contributed by atoms with E-state index in [1.807, 2.05) is 4.72 Å². The van der Waals surface area contributed by atoms with Crippen molar-refractivity contribution in [3.05, 3.63) is 23.2 Å². The lowest BCUT2D eigenvalue weighted by Gasteiger charge is -2.03. The van der Waals surface area contributed by atoms with Crippen molar-refractivity contribution in [3.8, 4) is 6.07 Å². The number of pyridine rings is 1. The molecule has 8 heteroatoms. The Hall–Kier alpha value is -1.23. The van der Waals surface area contributed by atoms with Crippen LogP contribution in [0.3, 0.4) is 0 Å². The maximum atomic E-state index is 12.9. The van der Waals surface area contributed by atoms with Gasteiger partial charge < -0.3 is 0 Å². The molecule has 1 aromatic rings. The largest absolute Gasteiger partial charge is 0.243 e. The van der Waals surface area contributed by atoms with Crippen LogP contribution in [0.2, 0.25) is 5.15 Å². The number of nitriles is 1. The number of aromatic nitrogens is 1. The lowest BCUT2D eigenvalue weighted by molar-refractivity contribution is 0.579. The average Bonchev–Trinajstić information content (AvgIpc) is 2.19. The summed E-state index contributed by atoms with van der Waals surface area (Å²) in [7, 11) is -3.90. The fraction of sp³-hybridized carbons (Fsp3) is 0.143. The van der Waals surface area contributed by atoms with Gasteiger partial charge in [-0.3, -0.25) is 0 Å². The van der Waals surface area contributed by atoms with Crippen molar-refractivity contribution in [1.29, 1.82) is 5.26 Å². The Morgan fingerprint density at radius 3 is 2.87 bits per heavy atom. The van der Waals surface area contributed by atoms with Gasteiger partial charge in [-0.25, -0.2) is 17.8 Å². The van der Waals surface area contributed by atoms with E-state index >= 15 is 0 Å². The number of hydrogen-bond acceptors (Lipinski definition) is 4. The first kappa shape index (κ1) is 11.8. The van der Waals surface area contributed by atoms with Crippen molar-refractivity contribution in [2.45, 2.75) is 4.90 Å². The molecule has 0 aliphatic carbocycles. The third-order valence-corrected chi connectivity index (χ3v) is 3.07. The molecule has 0 bridgehead atoms. The summed E-state index contributed by atoms with van der Waals surface area (Å²) in [5.74, 6) is -0.934. The maximum absolute atomic E-state index is 12.9. The van der Waals surface area contributed by atoms with E-state index in [1.165, 1.54) is 0 Å². The van der Waals surface area contributed by atoms with Crippen molar-refractivity contribution in [1.82, 2.24) is 9.71 Å². The van der Waals surface area contributed by atoms with Crippen LogP contribution in [0.1, 0.15) is 0 Å². The first-order chi connectivity index (χ1) is 6.97. The fourth-order valence-corrected chi connectivity index (χ4v) is 1.74. The Morgan fingerprint density at radius 1 is 1.67 bits per heavy atom. The van der Waals surface area contributed by atoms with Gasteiger partial charge >= 0.3 is 0 Å². The molecule has 0 aliphatic rings. The Bertz CT molecular complexity index is 511. The summed E-state index contributed by atoms with van der Waals surface area (Å²) in [6.07, 6.45) is 0.908. The van der Waals surface area contributed by atoms with Gasteiger partial charge in [0, 0.05) is 6.20 Å². The van der Waals surface area contributed by atoms with E-state index in [1.54, 1.807) is 6.07 Å². The molecule has 0 atom stereocenters. The van der Waals surface area contributed by atoms with Crippen LogP contribution in [0, 0.1) is 17.1 Å². The Labute approximate surface area is 90.6 Å². The smallest absolute Gasteiger partial charge is 0.240 e. The molecule has 0 radical (unpaired) electrons. The Kier molecular flexibility index (Phi) is 3.57. The fourth-order valence-electron chi connectivity index (χ4n) is 0.761. The molecule has 1 rings (SSSR count). The molecular formula is C7H5ClFN3O2S. The molecule has 1 N–H and O–H groups in total. The molecule has 0 amide bonds. The van der Waals surface area contributed by atoms with Crippen molar-refractivity contribution in [3.63, 3.8) is 0 Å². The van der Waals surface area contributed by atoms with Gasteiger partial charge in [0.15, 0.2) is 11.0 Å². The SMILES string of the molecule is N#CCNS(=O)(=O)c1cnc(Cl)c(F)c1. The zero-order chi connectivity index (χ0) is 11.5.